The Bertz CT molecular complexity index is 228. The number of carbonyl (C=O) groups excluding carboxylic acids is 1. The summed E-state index contributed by atoms with van der Waals surface area (Å²) in [6.45, 7) is 11.9. The number of carbonyl (C=O) groups is 1. The van der Waals surface area contributed by atoms with Crippen molar-refractivity contribution in [2.24, 2.45) is 5.41 Å². The molecule has 0 aromatic rings. The van der Waals surface area contributed by atoms with Gasteiger partial charge in [0.25, 0.3) is 0 Å². The summed E-state index contributed by atoms with van der Waals surface area (Å²) in [5.41, 5.74) is -1.17. The molecule has 0 rings (SSSR count). The second-order valence-corrected chi connectivity index (χ2v) is 5.82. The Balaban J connectivity index is 3.97. The monoisotopic (exact) mass is 246 g/mol. The van der Waals surface area contributed by atoms with Crippen LogP contribution in [0.15, 0.2) is 0 Å². The third kappa shape index (κ3) is 8.16. The maximum absolute atomic E-state index is 11.8. The Kier molecular flexibility index (Phi) is 6.72. The van der Waals surface area contributed by atoms with Crippen LogP contribution in [-0.4, -0.2) is 24.8 Å². The largest absolute Gasteiger partial charge is 0.459 e. The number of hydrogen-bond donors (Lipinski definition) is 0. The molecule has 0 radical (unpaired) electrons. The van der Waals surface area contributed by atoms with E-state index < -0.39 is 11.0 Å². The highest BCUT2D eigenvalue weighted by molar-refractivity contribution is 5.76. The van der Waals surface area contributed by atoms with E-state index in [1.54, 1.807) is 13.8 Å². The molecular formula is C13H26O4. The number of rotatable bonds is 7. The summed E-state index contributed by atoms with van der Waals surface area (Å²) in [5.74, 6) is -0.274. The first-order valence-electron chi connectivity index (χ1n) is 6.17. The van der Waals surface area contributed by atoms with Crippen molar-refractivity contribution < 1.29 is 19.3 Å². The van der Waals surface area contributed by atoms with Crippen LogP contribution in [0.2, 0.25) is 0 Å². The van der Waals surface area contributed by atoms with Gasteiger partial charge in [0.1, 0.15) is 5.60 Å². The second kappa shape index (κ2) is 6.97. The average Bonchev–Trinajstić information content (AvgIpc) is 2.14. The van der Waals surface area contributed by atoms with E-state index in [1.807, 2.05) is 20.8 Å². The maximum atomic E-state index is 11.8. The van der Waals surface area contributed by atoms with Gasteiger partial charge in [-0.2, -0.15) is 0 Å². The Labute approximate surface area is 105 Å². The topological polar surface area (TPSA) is 44.8 Å². The molecule has 0 bridgehead atoms. The molecule has 0 saturated heterocycles. The molecule has 0 aliphatic carbocycles. The Hall–Kier alpha value is -0.610. The van der Waals surface area contributed by atoms with Crippen molar-refractivity contribution in [3.05, 3.63) is 0 Å². The molecule has 17 heavy (non-hydrogen) atoms. The van der Waals surface area contributed by atoms with Gasteiger partial charge in [0, 0.05) is 0 Å². The van der Waals surface area contributed by atoms with Crippen molar-refractivity contribution >= 4 is 5.97 Å². The number of hydrogen-bond acceptors (Lipinski definition) is 4. The first-order valence-corrected chi connectivity index (χ1v) is 6.17. The first-order chi connectivity index (χ1) is 7.69. The lowest BCUT2D eigenvalue weighted by Gasteiger charge is -2.27. The third-order valence-electron chi connectivity index (χ3n) is 2.04. The molecule has 0 atom stereocenters. The Morgan fingerprint density at radius 1 is 1.06 bits per heavy atom. The van der Waals surface area contributed by atoms with E-state index >= 15 is 0 Å². The van der Waals surface area contributed by atoms with Crippen LogP contribution in [-0.2, 0) is 19.3 Å². The molecule has 0 spiro atoms. The minimum absolute atomic E-state index is 0.200. The molecule has 0 aromatic carbocycles. The normalized spacial score (nSPS) is 12.6. The predicted octanol–water partition coefficient (Wildman–Crippen LogP) is 3.10. The van der Waals surface area contributed by atoms with Crippen LogP contribution in [0.5, 0.6) is 0 Å². The highest BCUT2D eigenvalue weighted by Crippen LogP contribution is 2.21. The molecule has 0 heterocycles. The van der Waals surface area contributed by atoms with Crippen molar-refractivity contribution in [1.29, 1.82) is 0 Å². The van der Waals surface area contributed by atoms with Crippen LogP contribution >= 0.6 is 0 Å². The van der Waals surface area contributed by atoms with E-state index in [-0.39, 0.29) is 12.6 Å². The summed E-state index contributed by atoms with van der Waals surface area (Å²) in [6, 6.07) is 0. The molecule has 0 fully saturated rings. The van der Waals surface area contributed by atoms with Gasteiger partial charge in [-0.05, 0) is 41.0 Å². The van der Waals surface area contributed by atoms with Gasteiger partial charge in [0.05, 0.1) is 18.6 Å². The molecule has 4 heteroatoms. The van der Waals surface area contributed by atoms with Gasteiger partial charge in [-0.3, -0.25) is 4.79 Å². The highest BCUT2D eigenvalue weighted by Gasteiger charge is 2.33. The second-order valence-electron chi connectivity index (χ2n) is 5.82. The third-order valence-corrected chi connectivity index (χ3v) is 2.04. The zero-order chi connectivity index (χ0) is 13.5. The van der Waals surface area contributed by atoms with Crippen molar-refractivity contribution in [3.8, 4) is 0 Å². The fourth-order valence-corrected chi connectivity index (χ4v) is 0.926. The molecule has 0 N–H and O–H groups in total. The van der Waals surface area contributed by atoms with Crippen molar-refractivity contribution in [2.45, 2.75) is 60.0 Å². The summed E-state index contributed by atoms with van der Waals surface area (Å²) in [5, 5.41) is 0. The summed E-state index contributed by atoms with van der Waals surface area (Å²) < 4.78 is 5.31. The molecule has 0 aliphatic heterocycles. The van der Waals surface area contributed by atoms with E-state index in [0.717, 1.165) is 12.8 Å². The van der Waals surface area contributed by atoms with E-state index in [4.69, 9.17) is 14.5 Å². The molecule has 0 amide bonds. The summed E-state index contributed by atoms with van der Waals surface area (Å²) in [4.78, 5) is 21.9. The minimum atomic E-state index is -0.695. The van der Waals surface area contributed by atoms with Gasteiger partial charge in [0.2, 0.25) is 0 Å². The predicted molar refractivity (Wildman–Crippen MR) is 66.4 cm³/mol. The van der Waals surface area contributed by atoms with Crippen molar-refractivity contribution in [3.63, 3.8) is 0 Å². The van der Waals surface area contributed by atoms with Crippen LogP contribution < -0.4 is 0 Å². The fourth-order valence-electron chi connectivity index (χ4n) is 0.926. The summed E-state index contributed by atoms with van der Waals surface area (Å²) in [7, 11) is 0. The van der Waals surface area contributed by atoms with Gasteiger partial charge < -0.3 is 4.74 Å². The van der Waals surface area contributed by atoms with Gasteiger partial charge in [-0.1, -0.05) is 13.3 Å². The van der Waals surface area contributed by atoms with E-state index in [9.17, 15) is 4.79 Å². The fraction of sp³-hybridized carbons (Fsp3) is 0.923. The zero-order valence-corrected chi connectivity index (χ0v) is 12.0. The van der Waals surface area contributed by atoms with Crippen LogP contribution in [0.4, 0.5) is 0 Å². The van der Waals surface area contributed by atoms with E-state index in [1.165, 1.54) is 0 Å². The van der Waals surface area contributed by atoms with E-state index in [0.29, 0.717) is 6.61 Å². The highest BCUT2D eigenvalue weighted by atomic mass is 17.2. The van der Waals surface area contributed by atoms with Crippen LogP contribution in [0.25, 0.3) is 0 Å². The lowest BCUT2D eigenvalue weighted by molar-refractivity contribution is -0.307. The van der Waals surface area contributed by atoms with Crippen molar-refractivity contribution in [1.82, 2.24) is 0 Å². The average molecular weight is 246 g/mol. The van der Waals surface area contributed by atoms with E-state index in [2.05, 4.69) is 6.92 Å². The molecular weight excluding hydrogens is 220 g/mol. The van der Waals surface area contributed by atoms with Gasteiger partial charge in [-0.15, -0.1) is 0 Å². The Morgan fingerprint density at radius 2 is 1.65 bits per heavy atom. The molecule has 0 aromatic heterocycles. The summed E-state index contributed by atoms with van der Waals surface area (Å²) in [6.07, 6.45) is 2.01. The van der Waals surface area contributed by atoms with Gasteiger partial charge >= 0.3 is 5.97 Å². The Morgan fingerprint density at radius 3 is 2.12 bits per heavy atom. The smallest absolute Gasteiger partial charge is 0.314 e. The van der Waals surface area contributed by atoms with Crippen LogP contribution in [0.1, 0.15) is 54.4 Å². The first kappa shape index (κ1) is 16.4. The number of esters is 1. The lowest BCUT2D eigenvalue weighted by Crippen LogP contribution is -2.36. The van der Waals surface area contributed by atoms with Crippen LogP contribution in [0.3, 0.4) is 0 Å². The number of unbranched alkanes of at least 4 members (excludes halogenated alkanes) is 1. The molecule has 0 aliphatic rings. The maximum Gasteiger partial charge on any atom is 0.314 e. The van der Waals surface area contributed by atoms with Crippen molar-refractivity contribution in [2.75, 3.05) is 13.2 Å². The SMILES string of the molecule is CCCCOOCC(C)(C)C(=O)OC(C)(C)C. The van der Waals surface area contributed by atoms with Gasteiger partial charge in [0.15, 0.2) is 0 Å². The molecule has 0 saturated carbocycles. The molecule has 0 unspecified atom stereocenters. The lowest BCUT2D eigenvalue weighted by atomic mass is 9.95. The quantitative estimate of drug-likeness (QED) is 0.300. The standard InChI is InChI=1S/C13H26O4/c1-7-8-9-15-16-10-13(5,6)11(14)17-12(2,3)4/h7-10H2,1-6H3. The molecule has 4 nitrogen and oxygen atoms in total. The molecule has 102 valence electrons. The van der Waals surface area contributed by atoms with Gasteiger partial charge in [-0.25, -0.2) is 9.78 Å². The minimum Gasteiger partial charge on any atom is -0.459 e. The zero-order valence-electron chi connectivity index (χ0n) is 12.0. The van der Waals surface area contributed by atoms with Crippen LogP contribution in [0, 0.1) is 5.41 Å². The number of ether oxygens (including phenoxy) is 1. The summed E-state index contributed by atoms with van der Waals surface area (Å²) >= 11 is 0.